The van der Waals surface area contributed by atoms with Crippen LogP contribution < -0.4 is 20.9 Å². The molecule has 0 spiro atoms. The zero-order chi connectivity index (χ0) is 29.8. The molecule has 216 valence electrons. The Morgan fingerprint density at radius 3 is 2.86 bits per heavy atom. The minimum Gasteiger partial charge on any atom is -0.507 e. The van der Waals surface area contributed by atoms with Crippen molar-refractivity contribution in [1.29, 1.82) is 0 Å². The number of carbonyl (C=O) groups is 1. The van der Waals surface area contributed by atoms with Gasteiger partial charge in [-0.3, -0.25) is 4.79 Å². The molecule has 1 atom stereocenters. The topological polar surface area (TPSA) is 164 Å². The summed E-state index contributed by atoms with van der Waals surface area (Å²) < 4.78 is 1.54. The van der Waals surface area contributed by atoms with Crippen LogP contribution >= 0.6 is 0 Å². The van der Waals surface area contributed by atoms with Crippen molar-refractivity contribution in [3.63, 3.8) is 0 Å². The first-order chi connectivity index (χ1) is 21.0. The van der Waals surface area contributed by atoms with Crippen LogP contribution in [-0.2, 0) is 0 Å². The van der Waals surface area contributed by atoms with E-state index in [-0.39, 0.29) is 29.9 Å². The molecular weight excluding hydrogens is 546 g/mol. The number of aromatic nitrogens is 7. The summed E-state index contributed by atoms with van der Waals surface area (Å²) in [6.07, 6.45) is 5.91. The van der Waals surface area contributed by atoms with Crippen molar-refractivity contribution < 1.29 is 9.90 Å². The summed E-state index contributed by atoms with van der Waals surface area (Å²) in [5.41, 5.74) is 9.07. The predicted molar refractivity (Wildman–Crippen MR) is 161 cm³/mol. The highest BCUT2D eigenvalue weighted by molar-refractivity contribution is 5.93. The molecule has 1 aliphatic heterocycles. The van der Waals surface area contributed by atoms with Gasteiger partial charge in [-0.15, -0.1) is 10.2 Å². The molecule has 4 N–H and O–H groups in total. The quantitative estimate of drug-likeness (QED) is 0.263. The van der Waals surface area contributed by atoms with E-state index in [4.69, 9.17) is 5.73 Å². The van der Waals surface area contributed by atoms with Crippen LogP contribution in [0.4, 0.5) is 17.3 Å². The molecule has 0 radical (unpaired) electrons. The van der Waals surface area contributed by atoms with Crippen LogP contribution in [0.1, 0.15) is 29.7 Å². The molecule has 0 aliphatic carbocycles. The standard InChI is InChI=1S/C30H29N11O2/c1-20-19-39(14-6-15-40(20)24-17-22(36-37-29(24)31)21-7-2-3-8-25(21)42)27-10-13-32-26(35-27)9-4-11-34-30(43)23-18-28-33-12-5-16-41(28)38-23/h2-3,5,7-8,10,12-13,16-18,20,42H,6,11,14-15,19H2,1H3,(H2,31,37)(H,34,43)/t20-/m1/s1. The first-order valence-corrected chi connectivity index (χ1v) is 13.8. The van der Waals surface area contributed by atoms with Gasteiger partial charge in [0.25, 0.3) is 5.91 Å². The lowest BCUT2D eigenvalue weighted by Gasteiger charge is -2.31. The fourth-order valence-corrected chi connectivity index (χ4v) is 5.04. The number of aromatic hydroxyl groups is 1. The fraction of sp³-hybridized carbons (Fsp3) is 0.233. The van der Waals surface area contributed by atoms with Gasteiger partial charge in [-0.1, -0.05) is 18.1 Å². The summed E-state index contributed by atoms with van der Waals surface area (Å²) in [7, 11) is 0. The fourth-order valence-electron chi connectivity index (χ4n) is 5.04. The second-order valence-electron chi connectivity index (χ2n) is 10.0. The number of benzene rings is 1. The van der Waals surface area contributed by atoms with Gasteiger partial charge in [0, 0.05) is 55.9 Å². The molecule has 5 aromatic rings. The van der Waals surface area contributed by atoms with E-state index in [9.17, 15) is 9.90 Å². The van der Waals surface area contributed by atoms with E-state index in [1.807, 2.05) is 18.2 Å². The van der Waals surface area contributed by atoms with Crippen LogP contribution in [0, 0.1) is 11.8 Å². The summed E-state index contributed by atoms with van der Waals surface area (Å²) in [6.45, 7) is 4.46. The van der Waals surface area contributed by atoms with Gasteiger partial charge in [-0.25, -0.2) is 19.5 Å². The van der Waals surface area contributed by atoms with Crippen molar-refractivity contribution in [1.82, 2.24) is 40.1 Å². The van der Waals surface area contributed by atoms with Crippen LogP contribution in [0.2, 0.25) is 0 Å². The van der Waals surface area contributed by atoms with Crippen LogP contribution in [0.5, 0.6) is 5.75 Å². The molecular formula is C30H29N11O2. The Morgan fingerprint density at radius 2 is 2.00 bits per heavy atom. The number of rotatable bonds is 5. The van der Waals surface area contributed by atoms with E-state index in [0.29, 0.717) is 35.1 Å². The summed E-state index contributed by atoms with van der Waals surface area (Å²) >= 11 is 0. The number of hydrogen-bond donors (Lipinski definition) is 3. The maximum Gasteiger partial charge on any atom is 0.272 e. The lowest BCUT2D eigenvalue weighted by Crippen LogP contribution is -2.40. The predicted octanol–water partition coefficient (Wildman–Crippen LogP) is 2.15. The SMILES string of the molecule is C[C@@H]1CN(c2ccnc(C#CCNC(=O)c3cc4ncccn4n3)n2)CCCN1c1cc(-c2ccccc2O)nnc1N. The number of hydrogen-bond acceptors (Lipinski definition) is 11. The number of nitrogens with one attached hydrogen (secondary N) is 1. The van der Waals surface area contributed by atoms with Crippen molar-refractivity contribution >= 4 is 28.9 Å². The van der Waals surface area contributed by atoms with E-state index in [2.05, 4.69) is 64.1 Å². The number of phenolic OH excluding ortho intramolecular Hbond substituents is 1. The van der Waals surface area contributed by atoms with Crippen molar-refractivity contribution in [3.05, 3.63) is 78.6 Å². The van der Waals surface area contributed by atoms with Gasteiger partial charge in [0.15, 0.2) is 17.2 Å². The number of anilines is 3. The van der Waals surface area contributed by atoms with Gasteiger partial charge >= 0.3 is 0 Å². The number of nitrogens with two attached hydrogens (primary N) is 1. The molecule has 13 heteroatoms. The first kappa shape index (κ1) is 27.4. The van der Waals surface area contributed by atoms with Crippen LogP contribution in [0.3, 0.4) is 0 Å². The summed E-state index contributed by atoms with van der Waals surface area (Å²) in [6, 6.07) is 14.2. The third-order valence-corrected chi connectivity index (χ3v) is 7.11. The summed E-state index contributed by atoms with van der Waals surface area (Å²) in [5.74, 6) is 7.13. The molecule has 6 rings (SSSR count). The van der Waals surface area contributed by atoms with Gasteiger partial charge in [0.1, 0.15) is 11.6 Å². The molecule has 43 heavy (non-hydrogen) atoms. The van der Waals surface area contributed by atoms with Gasteiger partial charge < -0.3 is 26.0 Å². The molecule has 1 fully saturated rings. The molecule has 4 aromatic heterocycles. The molecule has 0 unspecified atom stereocenters. The summed E-state index contributed by atoms with van der Waals surface area (Å²) in [5, 5.41) is 25.7. The van der Waals surface area contributed by atoms with Gasteiger partial charge in [0.05, 0.1) is 17.9 Å². The Kier molecular flexibility index (Phi) is 7.64. The number of carbonyl (C=O) groups excluding carboxylic acids is 1. The van der Waals surface area contributed by atoms with E-state index in [0.717, 1.165) is 31.0 Å². The van der Waals surface area contributed by atoms with Gasteiger partial charge in [-0.2, -0.15) is 5.10 Å². The Bertz CT molecular complexity index is 1810. The Morgan fingerprint density at radius 1 is 1.12 bits per heavy atom. The Balaban J connectivity index is 1.12. The second kappa shape index (κ2) is 12.0. The minimum atomic E-state index is -0.338. The zero-order valence-corrected chi connectivity index (χ0v) is 23.4. The number of fused-ring (bicyclic) bond motifs is 1. The Labute approximate surface area is 247 Å². The van der Waals surface area contributed by atoms with Crippen LogP contribution in [0.15, 0.2) is 67.1 Å². The number of nitrogen functional groups attached to an aromatic ring is 1. The number of para-hydroxylation sites is 1. The van der Waals surface area contributed by atoms with E-state index in [1.54, 1.807) is 53.4 Å². The lowest BCUT2D eigenvalue weighted by molar-refractivity contribution is 0.0953. The van der Waals surface area contributed by atoms with Gasteiger partial charge in [0.2, 0.25) is 5.82 Å². The molecule has 0 bridgehead atoms. The molecule has 1 amide bonds. The maximum atomic E-state index is 12.5. The zero-order valence-electron chi connectivity index (χ0n) is 23.4. The molecule has 1 saturated heterocycles. The molecule has 1 aliphatic rings. The minimum absolute atomic E-state index is 0.0701. The van der Waals surface area contributed by atoms with Crippen LogP contribution in [0.25, 0.3) is 16.9 Å². The van der Waals surface area contributed by atoms with Gasteiger partial charge in [-0.05, 0) is 49.6 Å². The third-order valence-electron chi connectivity index (χ3n) is 7.11. The molecule has 5 heterocycles. The highest BCUT2D eigenvalue weighted by Crippen LogP contribution is 2.33. The average molecular weight is 576 g/mol. The third kappa shape index (κ3) is 5.98. The van der Waals surface area contributed by atoms with Crippen molar-refractivity contribution in [2.75, 3.05) is 41.7 Å². The van der Waals surface area contributed by atoms with Crippen molar-refractivity contribution in [2.24, 2.45) is 0 Å². The normalized spacial score (nSPS) is 15.0. The van der Waals surface area contributed by atoms with E-state index >= 15 is 0 Å². The maximum absolute atomic E-state index is 12.5. The summed E-state index contributed by atoms with van der Waals surface area (Å²) in [4.78, 5) is 30.0. The van der Waals surface area contributed by atoms with E-state index in [1.165, 1.54) is 0 Å². The monoisotopic (exact) mass is 575 g/mol. The lowest BCUT2D eigenvalue weighted by atomic mass is 10.1. The number of phenols is 1. The second-order valence-corrected chi connectivity index (χ2v) is 10.0. The number of amides is 1. The van der Waals surface area contributed by atoms with Crippen LogP contribution in [-0.4, -0.2) is 78.0 Å². The smallest absolute Gasteiger partial charge is 0.272 e. The number of nitrogens with zero attached hydrogens (tertiary/aromatic N) is 9. The largest absolute Gasteiger partial charge is 0.507 e. The average Bonchev–Trinajstić information content (AvgIpc) is 3.37. The molecule has 1 aromatic carbocycles. The molecule has 0 saturated carbocycles. The highest BCUT2D eigenvalue weighted by Gasteiger charge is 2.25. The van der Waals surface area contributed by atoms with Crippen molar-refractivity contribution in [2.45, 2.75) is 19.4 Å². The first-order valence-electron chi connectivity index (χ1n) is 13.8. The highest BCUT2D eigenvalue weighted by atomic mass is 16.3. The Hall–Kier alpha value is -5.77. The van der Waals surface area contributed by atoms with E-state index < -0.39 is 0 Å². The molecule has 13 nitrogen and oxygen atoms in total. The van der Waals surface area contributed by atoms with Crippen molar-refractivity contribution in [3.8, 4) is 28.8 Å².